The van der Waals surface area contributed by atoms with E-state index < -0.39 is 0 Å². The van der Waals surface area contributed by atoms with E-state index in [0.29, 0.717) is 22.2 Å². The van der Waals surface area contributed by atoms with Crippen LogP contribution in [0.15, 0.2) is 24.5 Å². The Morgan fingerprint density at radius 3 is 3.06 bits per heavy atom. The maximum absolute atomic E-state index is 11.4. The standard InChI is InChI=1S/C12H13N3O2S/c1-8-10(11(16)17-2)18-12(15-8)14-7-9-4-3-5-13-6-9/h3-6H,7H2,1-2H3,(H,14,15). The van der Waals surface area contributed by atoms with Gasteiger partial charge < -0.3 is 10.1 Å². The van der Waals surface area contributed by atoms with E-state index in [-0.39, 0.29) is 5.97 Å². The van der Waals surface area contributed by atoms with Crippen molar-refractivity contribution >= 4 is 22.4 Å². The summed E-state index contributed by atoms with van der Waals surface area (Å²) in [5, 5.41) is 3.87. The zero-order valence-corrected chi connectivity index (χ0v) is 11.0. The van der Waals surface area contributed by atoms with Crippen molar-refractivity contribution in [2.45, 2.75) is 13.5 Å². The Morgan fingerprint density at radius 2 is 2.39 bits per heavy atom. The molecule has 0 amide bonds. The van der Waals surface area contributed by atoms with Gasteiger partial charge in [0.25, 0.3) is 0 Å². The Kier molecular flexibility index (Phi) is 3.88. The van der Waals surface area contributed by atoms with Gasteiger partial charge in [0.15, 0.2) is 5.13 Å². The summed E-state index contributed by atoms with van der Waals surface area (Å²) in [5.41, 5.74) is 1.74. The van der Waals surface area contributed by atoms with Gasteiger partial charge in [-0.1, -0.05) is 17.4 Å². The number of aromatic nitrogens is 2. The van der Waals surface area contributed by atoms with Crippen LogP contribution in [0, 0.1) is 6.92 Å². The maximum atomic E-state index is 11.4. The fourth-order valence-electron chi connectivity index (χ4n) is 1.43. The summed E-state index contributed by atoms with van der Waals surface area (Å²) in [6, 6.07) is 3.85. The lowest BCUT2D eigenvalue weighted by Gasteiger charge is -2.01. The molecule has 94 valence electrons. The first-order valence-corrected chi connectivity index (χ1v) is 6.21. The molecule has 0 aliphatic heterocycles. The summed E-state index contributed by atoms with van der Waals surface area (Å²) in [5.74, 6) is -0.348. The molecular formula is C12H13N3O2S. The molecule has 2 rings (SSSR count). The third-order valence-corrected chi connectivity index (χ3v) is 3.43. The van der Waals surface area contributed by atoms with E-state index in [1.165, 1.54) is 18.4 Å². The molecule has 0 spiro atoms. The number of rotatable bonds is 4. The molecule has 6 heteroatoms. The quantitative estimate of drug-likeness (QED) is 0.857. The van der Waals surface area contributed by atoms with E-state index in [4.69, 9.17) is 0 Å². The Bertz CT molecular complexity index is 540. The van der Waals surface area contributed by atoms with Crippen molar-refractivity contribution in [3.05, 3.63) is 40.7 Å². The molecule has 18 heavy (non-hydrogen) atoms. The molecule has 5 nitrogen and oxygen atoms in total. The van der Waals surface area contributed by atoms with E-state index in [1.807, 2.05) is 12.1 Å². The van der Waals surface area contributed by atoms with Crippen LogP contribution >= 0.6 is 11.3 Å². The minimum absolute atomic E-state index is 0.348. The highest BCUT2D eigenvalue weighted by Gasteiger charge is 2.15. The number of hydrogen-bond donors (Lipinski definition) is 1. The maximum Gasteiger partial charge on any atom is 0.350 e. The molecule has 0 bridgehead atoms. The van der Waals surface area contributed by atoms with E-state index in [2.05, 4.69) is 20.0 Å². The van der Waals surface area contributed by atoms with Gasteiger partial charge in [-0.2, -0.15) is 0 Å². The number of thiazole rings is 1. The summed E-state index contributed by atoms with van der Waals surface area (Å²) in [4.78, 5) is 20.3. The van der Waals surface area contributed by atoms with Gasteiger partial charge in [0.05, 0.1) is 12.8 Å². The highest BCUT2D eigenvalue weighted by Crippen LogP contribution is 2.23. The molecule has 0 fully saturated rings. The molecule has 2 aromatic heterocycles. The van der Waals surface area contributed by atoms with Crippen molar-refractivity contribution in [2.24, 2.45) is 0 Å². The number of esters is 1. The van der Waals surface area contributed by atoms with Crippen molar-refractivity contribution in [2.75, 3.05) is 12.4 Å². The molecule has 0 aliphatic carbocycles. The first-order chi connectivity index (χ1) is 8.70. The summed E-state index contributed by atoms with van der Waals surface area (Å²) in [6.07, 6.45) is 3.51. The number of carbonyl (C=O) groups excluding carboxylic acids is 1. The van der Waals surface area contributed by atoms with Crippen LogP contribution in [0.1, 0.15) is 20.9 Å². The molecule has 0 atom stereocenters. The van der Waals surface area contributed by atoms with Gasteiger partial charge in [-0.15, -0.1) is 0 Å². The van der Waals surface area contributed by atoms with Crippen molar-refractivity contribution in [3.63, 3.8) is 0 Å². The highest BCUT2D eigenvalue weighted by atomic mass is 32.1. The summed E-state index contributed by atoms with van der Waals surface area (Å²) in [6.45, 7) is 2.42. The number of pyridine rings is 1. The Morgan fingerprint density at radius 1 is 1.56 bits per heavy atom. The number of methoxy groups -OCH3 is 1. The second-order valence-corrected chi connectivity index (χ2v) is 4.64. The molecule has 2 aromatic rings. The molecular weight excluding hydrogens is 250 g/mol. The van der Waals surface area contributed by atoms with Gasteiger partial charge in [-0.3, -0.25) is 4.98 Å². The van der Waals surface area contributed by atoms with E-state index in [0.717, 1.165) is 5.56 Å². The molecule has 0 saturated heterocycles. The average molecular weight is 263 g/mol. The van der Waals surface area contributed by atoms with Gasteiger partial charge in [-0.05, 0) is 18.6 Å². The number of nitrogens with one attached hydrogen (secondary N) is 1. The lowest BCUT2D eigenvalue weighted by molar-refractivity contribution is 0.0605. The van der Waals surface area contributed by atoms with Crippen LogP contribution in [-0.4, -0.2) is 23.0 Å². The normalized spacial score (nSPS) is 10.1. The number of aryl methyl sites for hydroxylation is 1. The Balaban J connectivity index is 2.05. The molecule has 0 unspecified atom stereocenters. The van der Waals surface area contributed by atoms with Gasteiger partial charge in [0.1, 0.15) is 4.88 Å². The van der Waals surface area contributed by atoms with E-state index in [1.54, 1.807) is 19.3 Å². The molecule has 0 saturated carbocycles. The fraction of sp³-hybridized carbons (Fsp3) is 0.250. The Hall–Kier alpha value is -1.95. The lowest BCUT2D eigenvalue weighted by Crippen LogP contribution is -1.99. The molecule has 2 heterocycles. The third-order valence-electron chi connectivity index (χ3n) is 2.33. The van der Waals surface area contributed by atoms with Crippen molar-refractivity contribution in [1.29, 1.82) is 0 Å². The minimum atomic E-state index is -0.348. The van der Waals surface area contributed by atoms with Gasteiger partial charge >= 0.3 is 5.97 Å². The summed E-state index contributed by atoms with van der Waals surface area (Å²) >= 11 is 1.29. The molecule has 0 aromatic carbocycles. The van der Waals surface area contributed by atoms with Crippen molar-refractivity contribution in [1.82, 2.24) is 9.97 Å². The van der Waals surface area contributed by atoms with Crippen molar-refractivity contribution in [3.8, 4) is 0 Å². The fourth-order valence-corrected chi connectivity index (χ4v) is 2.31. The zero-order valence-electron chi connectivity index (χ0n) is 10.1. The number of nitrogens with zero attached hydrogens (tertiary/aromatic N) is 2. The number of hydrogen-bond acceptors (Lipinski definition) is 6. The second-order valence-electron chi connectivity index (χ2n) is 3.64. The lowest BCUT2D eigenvalue weighted by atomic mass is 10.3. The molecule has 0 aliphatic rings. The number of anilines is 1. The largest absolute Gasteiger partial charge is 0.465 e. The average Bonchev–Trinajstić information content (AvgIpc) is 2.78. The van der Waals surface area contributed by atoms with Gasteiger partial charge in [-0.25, -0.2) is 9.78 Å². The van der Waals surface area contributed by atoms with Crippen LogP contribution < -0.4 is 5.32 Å². The zero-order chi connectivity index (χ0) is 13.0. The third kappa shape index (κ3) is 2.84. The van der Waals surface area contributed by atoms with Gasteiger partial charge in [0.2, 0.25) is 0 Å². The van der Waals surface area contributed by atoms with Crippen LogP contribution in [0.4, 0.5) is 5.13 Å². The van der Waals surface area contributed by atoms with E-state index in [9.17, 15) is 4.79 Å². The monoisotopic (exact) mass is 263 g/mol. The number of carbonyl (C=O) groups is 1. The van der Waals surface area contributed by atoms with Crippen LogP contribution in [-0.2, 0) is 11.3 Å². The van der Waals surface area contributed by atoms with Crippen LogP contribution in [0.5, 0.6) is 0 Å². The topological polar surface area (TPSA) is 64.1 Å². The first kappa shape index (κ1) is 12.5. The SMILES string of the molecule is COC(=O)c1sc(NCc2cccnc2)nc1C. The predicted octanol–water partition coefficient (Wildman–Crippen LogP) is 2.25. The van der Waals surface area contributed by atoms with Crippen LogP contribution in [0.2, 0.25) is 0 Å². The summed E-state index contributed by atoms with van der Waals surface area (Å²) in [7, 11) is 1.37. The number of ether oxygens (including phenoxy) is 1. The molecule has 1 N–H and O–H groups in total. The smallest absolute Gasteiger partial charge is 0.350 e. The predicted molar refractivity (Wildman–Crippen MR) is 69.8 cm³/mol. The Labute approximate surface area is 109 Å². The van der Waals surface area contributed by atoms with Crippen molar-refractivity contribution < 1.29 is 9.53 Å². The molecule has 0 radical (unpaired) electrons. The second kappa shape index (κ2) is 5.59. The minimum Gasteiger partial charge on any atom is -0.465 e. The highest BCUT2D eigenvalue weighted by molar-refractivity contribution is 7.17. The first-order valence-electron chi connectivity index (χ1n) is 5.39. The van der Waals surface area contributed by atoms with Crippen LogP contribution in [0.25, 0.3) is 0 Å². The summed E-state index contributed by atoms with van der Waals surface area (Å²) < 4.78 is 4.69. The van der Waals surface area contributed by atoms with Crippen LogP contribution in [0.3, 0.4) is 0 Å². The van der Waals surface area contributed by atoms with Gasteiger partial charge in [0, 0.05) is 18.9 Å². The van der Waals surface area contributed by atoms with E-state index >= 15 is 0 Å².